The van der Waals surface area contributed by atoms with E-state index in [1.54, 1.807) is 0 Å². The number of hydrogen-bond donors (Lipinski definition) is 0. The summed E-state index contributed by atoms with van der Waals surface area (Å²) in [6.07, 6.45) is 2.80. The van der Waals surface area contributed by atoms with Crippen LogP contribution in [0.1, 0.15) is 25.3 Å². The Labute approximate surface area is 126 Å². The van der Waals surface area contributed by atoms with Crippen LogP contribution in [0.25, 0.3) is 0 Å². The fourth-order valence-electron chi connectivity index (χ4n) is 3.41. The van der Waals surface area contributed by atoms with E-state index >= 15 is 0 Å². The molecule has 0 amide bonds. The maximum absolute atomic E-state index is 8.86. The van der Waals surface area contributed by atoms with Crippen LogP contribution in [0.5, 0.6) is 0 Å². The summed E-state index contributed by atoms with van der Waals surface area (Å²) in [5.74, 6) is 0. The summed E-state index contributed by atoms with van der Waals surface area (Å²) < 4.78 is 5.63. The van der Waals surface area contributed by atoms with Crippen molar-refractivity contribution in [1.29, 1.82) is 5.26 Å². The highest BCUT2D eigenvalue weighted by molar-refractivity contribution is 5.50. The van der Waals surface area contributed by atoms with Gasteiger partial charge in [0.2, 0.25) is 0 Å². The van der Waals surface area contributed by atoms with Gasteiger partial charge in [-0.1, -0.05) is 0 Å². The lowest BCUT2D eigenvalue weighted by molar-refractivity contribution is -0.0373. The van der Waals surface area contributed by atoms with E-state index in [0.29, 0.717) is 12.1 Å². The Morgan fingerprint density at radius 3 is 2.48 bits per heavy atom. The fraction of sp³-hybridized carbons (Fsp3) is 0.588. The van der Waals surface area contributed by atoms with E-state index < -0.39 is 0 Å². The van der Waals surface area contributed by atoms with Gasteiger partial charge in [0.25, 0.3) is 0 Å². The quantitative estimate of drug-likeness (QED) is 0.835. The van der Waals surface area contributed by atoms with Crippen LogP contribution in [-0.2, 0) is 4.74 Å². The molecule has 0 N–H and O–H groups in total. The van der Waals surface area contributed by atoms with Crippen molar-refractivity contribution in [3.63, 3.8) is 0 Å². The number of nitrogens with zero attached hydrogens (tertiary/aromatic N) is 3. The molecule has 2 fully saturated rings. The zero-order valence-corrected chi connectivity index (χ0v) is 12.7. The number of ether oxygens (including phenoxy) is 1. The molecule has 1 aromatic rings. The monoisotopic (exact) mass is 285 g/mol. The minimum absolute atomic E-state index is 0.371. The van der Waals surface area contributed by atoms with Gasteiger partial charge in [0.1, 0.15) is 0 Å². The van der Waals surface area contributed by atoms with E-state index in [9.17, 15) is 0 Å². The van der Waals surface area contributed by atoms with Gasteiger partial charge in [-0.25, -0.2) is 0 Å². The van der Waals surface area contributed by atoms with Crippen molar-refractivity contribution in [2.75, 3.05) is 37.7 Å². The lowest BCUT2D eigenvalue weighted by Crippen LogP contribution is -2.51. The fourth-order valence-corrected chi connectivity index (χ4v) is 3.41. The van der Waals surface area contributed by atoms with Crippen LogP contribution in [0.4, 0.5) is 5.69 Å². The third-order valence-electron chi connectivity index (χ3n) is 4.61. The Balaban J connectivity index is 1.56. The first-order valence-corrected chi connectivity index (χ1v) is 7.87. The Morgan fingerprint density at radius 1 is 1.14 bits per heavy atom. The standard InChI is InChI=1S/C17H23N3O/c1-14-13-20(10-11-21-14)17-6-8-19(9-7-17)16-4-2-15(12-18)3-5-16/h2-5,14,17H,6-11,13H2,1H3/t14-/m1/s1. The molecule has 0 spiro atoms. The topological polar surface area (TPSA) is 39.5 Å². The van der Waals surface area contributed by atoms with E-state index in [-0.39, 0.29) is 0 Å². The van der Waals surface area contributed by atoms with Crippen molar-refractivity contribution in [3.05, 3.63) is 29.8 Å². The first-order valence-electron chi connectivity index (χ1n) is 7.87. The lowest BCUT2D eigenvalue weighted by Gasteiger charge is -2.42. The van der Waals surface area contributed by atoms with Crippen LogP contribution in [-0.4, -0.2) is 49.8 Å². The van der Waals surface area contributed by atoms with Crippen LogP contribution in [0.15, 0.2) is 24.3 Å². The zero-order chi connectivity index (χ0) is 14.7. The summed E-state index contributed by atoms with van der Waals surface area (Å²) in [4.78, 5) is 5.03. The number of hydrogen-bond acceptors (Lipinski definition) is 4. The number of rotatable bonds is 2. The van der Waals surface area contributed by atoms with Crippen LogP contribution >= 0.6 is 0 Å². The second kappa shape index (κ2) is 6.46. The van der Waals surface area contributed by atoms with Gasteiger partial charge < -0.3 is 9.64 Å². The van der Waals surface area contributed by atoms with Crippen molar-refractivity contribution in [1.82, 2.24) is 4.90 Å². The number of nitriles is 1. The molecule has 0 bridgehead atoms. The van der Waals surface area contributed by atoms with Crippen molar-refractivity contribution >= 4 is 5.69 Å². The molecule has 0 aromatic heterocycles. The highest BCUT2D eigenvalue weighted by Gasteiger charge is 2.27. The smallest absolute Gasteiger partial charge is 0.0991 e. The molecule has 2 aliphatic heterocycles. The molecule has 0 unspecified atom stereocenters. The van der Waals surface area contributed by atoms with Crippen LogP contribution in [0.3, 0.4) is 0 Å². The van der Waals surface area contributed by atoms with E-state index in [1.165, 1.54) is 18.5 Å². The lowest BCUT2D eigenvalue weighted by atomic mass is 10.0. The van der Waals surface area contributed by atoms with Gasteiger partial charge in [0.15, 0.2) is 0 Å². The molecule has 4 nitrogen and oxygen atoms in total. The van der Waals surface area contributed by atoms with E-state index in [4.69, 9.17) is 10.00 Å². The Morgan fingerprint density at radius 2 is 1.86 bits per heavy atom. The minimum atomic E-state index is 0.371. The van der Waals surface area contributed by atoms with Gasteiger partial charge in [0, 0.05) is 37.9 Å². The molecule has 3 rings (SSSR count). The Kier molecular flexibility index (Phi) is 4.42. The van der Waals surface area contributed by atoms with E-state index in [2.05, 4.69) is 34.9 Å². The molecule has 112 valence electrons. The molecule has 0 aliphatic carbocycles. The summed E-state index contributed by atoms with van der Waals surface area (Å²) >= 11 is 0. The Hall–Kier alpha value is -1.57. The zero-order valence-electron chi connectivity index (χ0n) is 12.7. The van der Waals surface area contributed by atoms with Gasteiger partial charge >= 0.3 is 0 Å². The highest BCUT2D eigenvalue weighted by Crippen LogP contribution is 2.24. The molecule has 2 heterocycles. The third kappa shape index (κ3) is 3.37. The predicted molar refractivity (Wildman–Crippen MR) is 83.4 cm³/mol. The molecular formula is C17H23N3O. The van der Waals surface area contributed by atoms with Crippen molar-refractivity contribution in [3.8, 4) is 6.07 Å². The Bertz CT molecular complexity index is 500. The second-order valence-corrected chi connectivity index (χ2v) is 6.05. The van der Waals surface area contributed by atoms with Crippen molar-refractivity contribution in [2.45, 2.75) is 31.9 Å². The first-order chi connectivity index (χ1) is 10.3. The average Bonchev–Trinajstić information content (AvgIpc) is 2.55. The van der Waals surface area contributed by atoms with E-state index in [0.717, 1.165) is 38.3 Å². The molecule has 1 atom stereocenters. The molecule has 0 radical (unpaired) electrons. The van der Waals surface area contributed by atoms with E-state index in [1.807, 2.05) is 12.1 Å². The molecule has 21 heavy (non-hydrogen) atoms. The second-order valence-electron chi connectivity index (χ2n) is 6.05. The minimum Gasteiger partial charge on any atom is -0.376 e. The SMILES string of the molecule is C[C@@H]1CN(C2CCN(c3ccc(C#N)cc3)CC2)CCO1. The van der Waals surface area contributed by atoms with Crippen molar-refractivity contribution < 1.29 is 4.74 Å². The number of anilines is 1. The van der Waals surface area contributed by atoms with Gasteiger partial charge in [-0.15, -0.1) is 0 Å². The summed E-state index contributed by atoms with van der Waals surface area (Å²) in [6, 6.07) is 10.8. The van der Waals surface area contributed by atoms with Gasteiger partial charge in [0.05, 0.1) is 24.3 Å². The van der Waals surface area contributed by atoms with Crippen LogP contribution in [0.2, 0.25) is 0 Å². The maximum atomic E-state index is 8.86. The molecule has 1 aromatic carbocycles. The van der Waals surface area contributed by atoms with Crippen LogP contribution < -0.4 is 4.90 Å². The summed E-state index contributed by atoms with van der Waals surface area (Å²) in [6.45, 7) is 7.38. The number of benzene rings is 1. The average molecular weight is 285 g/mol. The molecular weight excluding hydrogens is 262 g/mol. The molecule has 0 saturated carbocycles. The molecule has 4 heteroatoms. The van der Waals surface area contributed by atoms with Gasteiger partial charge in [-0.3, -0.25) is 4.90 Å². The van der Waals surface area contributed by atoms with Crippen LogP contribution in [0, 0.1) is 11.3 Å². The maximum Gasteiger partial charge on any atom is 0.0991 e. The summed E-state index contributed by atoms with van der Waals surface area (Å²) in [7, 11) is 0. The third-order valence-corrected chi connectivity index (χ3v) is 4.61. The normalized spacial score (nSPS) is 24.8. The van der Waals surface area contributed by atoms with Gasteiger partial charge in [-0.05, 0) is 44.0 Å². The number of piperidine rings is 1. The highest BCUT2D eigenvalue weighted by atomic mass is 16.5. The summed E-state index contributed by atoms with van der Waals surface area (Å²) in [5.41, 5.74) is 1.97. The van der Waals surface area contributed by atoms with Gasteiger partial charge in [-0.2, -0.15) is 5.26 Å². The molecule has 2 saturated heterocycles. The predicted octanol–water partition coefficient (Wildman–Crippen LogP) is 2.25. The summed E-state index contributed by atoms with van der Waals surface area (Å²) in [5, 5.41) is 8.86. The first kappa shape index (κ1) is 14.4. The number of morpholine rings is 1. The largest absolute Gasteiger partial charge is 0.376 e. The van der Waals surface area contributed by atoms with Crippen molar-refractivity contribution in [2.24, 2.45) is 0 Å². The molecule has 2 aliphatic rings.